The first-order valence-electron chi connectivity index (χ1n) is 11.6. The van der Waals surface area contributed by atoms with Gasteiger partial charge in [-0.15, -0.1) is 11.3 Å². The molecule has 5 rings (SSSR count). The number of anilines is 1. The Morgan fingerprint density at radius 3 is 2.46 bits per heavy atom. The van der Waals surface area contributed by atoms with E-state index in [-0.39, 0.29) is 30.9 Å². The van der Waals surface area contributed by atoms with Crippen molar-refractivity contribution in [3.8, 4) is 0 Å². The summed E-state index contributed by atoms with van der Waals surface area (Å²) in [6, 6.07) is 19.1. The van der Waals surface area contributed by atoms with Gasteiger partial charge in [0.2, 0.25) is 5.91 Å². The summed E-state index contributed by atoms with van der Waals surface area (Å²) in [5.41, 5.74) is 1.78. The molecule has 2 heterocycles. The SMILES string of the molecule is CCOC(=O)[C@@H]1C(=O)C2=C(C[C@H]1c1cccs1)N(c1ccccc1)C(=O)C[C@@H]2c1ccccc1F. The Morgan fingerprint density at radius 1 is 1.03 bits per heavy atom. The Bertz CT molecular complexity index is 1300. The number of para-hydroxylation sites is 1. The molecule has 1 aliphatic carbocycles. The van der Waals surface area contributed by atoms with Gasteiger partial charge < -0.3 is 4.74 Å². The van der Waals surface area contributed by atoms with Crippen molar-refractivity contribution in [3.63, 3.8) is 0 Å². The van der Waals surface area contributed by atoms with E-state index in [0.717, 1.165) is 4.88 Å². The molecule has 0 bridgehead atoms. The molecule has 0 radical (unpaired) electrons. The number of esters is 1. The largest absolute Gasteiger partial charge is 0.465 e. The predicted molar refractivity (Wildman–Crippen MR) is 132 cm³/mol. The van der Waals surface area contributed by atoms with Gasteiger partial charge in [-0.25, -0.2) is 4.39 Å². The van der Waals surface area contributed by atoms with E-state index in [2.05, 4.69) is 0 Å². The number of amides is 1. The number of ether oxygens (including phenoxy) is 1. The lowest BCUT2D eigenvalue weighted by molar-refractivity contribution is -0.152. The van der Waals surface area contributed by atoms with Crippen LogP contribution in [-0.2, 0) is 19.1 Å². The topological polar surface area (TPSA) is 63.7 Å². The number of carbonyl (C=O) groups excluding carboxylic acids is 3. The monoisotopic (exact) mass is 489 g/mol. The van der Waals surface area contributed by atoms with E-state index < -0.39 is 35.3 Å². The second kappa shape index (κ2) is 9.58. The Morgan fingerprint density at radius 2 is 1.77 bits per heavy atom. The molecule has 5 nitrogen and oxygen atoms in total. The maximum Gasteiger partial charge on any atom is 0.317 e. The third kappa shape index (κ3) is 4.10. The van der Waals surface area contributed by atoms with Crippen LogP contribution in [0, 0.1) is 11.7 Å². The van der Waals surface area contributed by atoms with Gasteiger partial charge in [0.15, 0.2) is 5.78 Å². The van der Waals surface area contributed by atoms with Crippen LogP contribution in [0.5, 0.6) is 0 Å². The van der Waals surface area contributed by atoms with Crippen molar-refractivity contribution in [2.45, 2.75) is 31.6 Å². The van der Waals surface area contributed by atoms with Crippen LogP contribution in [0.15, 0.2) is 83.4 Å². The van der Waals surface area contributed by atoms with Crippen molar-refractivity contribution in [3.05, 3.63) is 99.6 Å². The van der Waals surface area contributed by atoms with Crippen molar-refractivity contribution in [1.29, 1.82) is 0 Å². The van der Waals surface area contributed by atoms with Crippen LogP contribution in [0.4, 0.5) is 10.1 Å². The molecule has 0 spiro atoms. The van der Waals surface area contributed by atoms with E-state index in [0.29, 0.717) is 17.0 Å². The molecular formula is C28H24FNO4S. The lowest BCUT2D eigenvalue weighted by atomic mass is 9.69. The van der Waals surface area contributed by atoms with Crippen LogP contribution >= 0.6 is 11.3 Å². The number of Topliss-reactive ketones (excluding diaryl/α,β-unsaturated/α-hetero) is 1. The first kappa shape index (κ1) is 23.2. The van der Waals surface area contributed by atoms with Crippen LogP contribution in [0.2, 0.25) is 0 Å². The molecule has 3 aromatic rings. The Balaban J connectivity index is 1.73. The third-order valence-electron chi connectivity index (χ3n) is 6.67. The van der Waals surface area contributed by atoms with E-state index in [1.165, 1.54) is 17.4 Å². The molecule has 2 aromatic carbocycles. The molecule has 1 aromatic heterocycles. The molecule has 1 amide bonds. The highest BCUT2D eigenvalue weighted by molar-refractivity contribution is 7.10. The molecule has 0 unspecified atom stereocenters. The highest BCUT2D eigenvalue weighted by Crippen LogP contribution is 2.50. The maximum atomic E-state index is 14.9. The summed E-state index contributed by atoms with van der Waals surface area (Å²) in [6.45, 7) is 1.85. The minimum absolute atomic E-state index is 0.0698. The molecular weight excluding hydrogens is 465 g/mol. The fourth-order valence-corrected chi connectivity index (χ4v) is 6.07. The number of rotatable bonds is 5. The molecule has 1 aliphatic heterocycles. The molecule has 0 N–H and O–H groups in total. The van der Waals surface area contributed by atoms with Crippen molar-refractivity contribution in [1.82, 2.24) is 0 Å². The van der Waals surface area contributed by atoms with Gasteiger partial charge in [-0.1, -0.05) is 42.5 Å². The van der Waals surface area contributed by atoms with Gasteiger partial charge in [0.1, 0.15) is 11.7 Å². The molecule has 0 saturated carbocycles. The summed E-state index contributed by atoms with van der Waals surface area (Å²) in [5.74, 6) is -3.97. The van der Waals surface area contributed by atoms with Gasteiger partial charge in [-0.2, -0.15) is 0 Å². The van der Waals surface area contributed by atoms with Gasteiger partial charge in [0.25, 0.3) is 0 Å². The zero-order valence-electron chi connectivity index (χ0n) is 19.1. The van der Waals surface area contributed by atoms with E-state index in [1.54, 1.807) is 30.0 Å². The van der Waals surface area contributed by atoms with Gasteiger partial charge in [-0.05, 0) is 48.6 Å². The Kier molecular flexibility index (Phi) is 6.34. The van der Waals surface area contributed by atoms with Crippen molar-refractivity contribution in [2.24, 2.45) is 5.92 Å². The quantitative estimate of drug-likeness (QED) is 0.346. The number of benzene rings is 2. The van der Waals surface area contributed by atoms with Crippen LogP contribution in [-0.4, -0.2) is 24.3 Å². The summed E-state index contributed by atoms with van der Waals surface area (Å²) in [7, 11) is 0. The van der Waals surface area contributed by atoms with Gasteiger partial charge in [0.05, 0.1) is 6.61 Å². The van der Waals surface area contributed by atoms with Crippen LogP contribution in [0.3, 0.4) is 0 Å². The first-order chi connectivity index (χ1) is 17.0. The van der Waals surface area contributed by atoms with E-state index in [9.17, 15) is 18.8 Å². The molecule has 178 valence electrons. The zero-order chi connectivity index (χ0) is 24.5. The third-order valence-corrected chi connectivity index (χ3v) is 7.67. The van der Waals surface area contributed by atoms with E-state index >= 15 is 0 Å². The number of hydrogen-bond acceptors (Lipinski definition) is 5. The highest BCUT2D eigenvalue weighted by atomic mass is 32.1. The van der Waals surface area contributed by atoms with Crippen molar-refractivity contribution >= 4 is 34.7 Å². The van der Waals surface area contributed by atoms with E-state index in [1.807, 2.05) is 47.8 Å². The predicted octanol–water partition coefficient (Wildman–Crippen LogP) is 5.60. The minimum Gasteiger partial charge on any atom is -0.465 e. The van der Waals surface area contributed by atoms with Crippen molar-refractivity contribution in [2.75, 3.05) is 11.5 Å². The van der Waals surface area contributed by atoms with Gasteiger partial charge in [0, 0.05) is 40.1 Å². The zero-order valence-corrected chi connectivity index (χ0v) is 20.0. The van der Waals surface area contributed by atoms with Crippen LogP contribution < -0.4 is 4.90 Å². The summed E-state index contributed by atoms with van der Waals surface area (Å²) in [6.07, 6.45) is 0.219. The number of halogens is 1. The van der Waals surface area contributed by atoms with E-state index in [4.69, 9.17) is 4.74 Å². The number of allylic oxidation sites excluding steroid dienone is 2. The van der Waals surface area contributed by atoms with Crippen LogP contribution in [0.1, 0.15) is 42.0 Å². The van der Waals surface area contributed by atoms with Crippen molar-refractivity contribution < 1.29 is 23.5 Å². The lowest BCUT2D eigenvalue weighted by Crippen LogP contribution is -2.46. The number of hydrogen-bond donors (Lipinski definition) is 0. The summed E-state index contributed by atoms with van der Waals surface area (Å²) in [5, 5.41) is 1.90. The Hall–Kier alpha value is -3.58. The average Bonchev–Trinajstić information content (AvgIpc) is 3.39. The second-order valence-electron chi connectivity index (χ2n) is 8.62. The number of ketones is 1. The lowest BCUT2D eigenvalue weighted by Gasteiger charge is -2.42. The Labute approximate surface area is 206 Å². The van der Waals surface area contributed by atoms with Crippen LogP contribution in [0.25, 0.3) is 0 Å². The average molecular weight is 490 g/mol. The number of carbonyl (C=O) groups is 3. The fraction of sp³-hybridized carbons (Fsp3) is 0.250. The molecule has 2 aliphatic rings. The highest BCUT2D eigenvalue weighted by Gasteiger charge is 2.50. The molecule has 0 saturated heterocycles. The summed E-state index contributed by atoms with van der Waals surface area (Å²) in [4.78, 5) is 43.2. The number of nitrogens with zero attached hydrogens (tertiary/aromatic N) is 1. The van der Waals surface area contributed by atoms with Gasteiger partial charge >= 0.3 is 5.97 Å². The molecule has 7 heteroatoms. The fourth-order valence-electron chi connectivity index (χ4n) is 5.20. The second-order valence-corrected chi connectivity index (χ2v) is 9.60. The van der Waals surface area contributed by atoms with Gasteiger partial charge in [-0.3, -0.25) is 19.3 Å². The summed E-state index contributed by atoms with van der Waals surface area (Å²) < 4.78 is 20.3. The molecule has 35 heavy (non-hydrogen) atoms. The first-order valence-corrected chi connectivity index (χ1v) is 12.5. The molecule has 0 fully saturated rings. The minimum atomic E-state index is -1.05. The normalized spacial score (nSPS) is 22.2. The molecule has 3 atom stereocenters. The standard InChI is InChI=1S/C28H24FNO4S/c1-2-34-28(33)26-20(23-13-8-14-35-23)15-22-25(27(26)32)19(18-11-6-7-12-21(18)29)16-24(31)30(22)17-9-4-3-5-10-17/h3-14,19-20,26H,2,15-16H2,1H3/t19-,20+,26+/m1/s1. The summed E-state index contributed by atoms with van der Waals surface area (Å²) >= 11 is 1.46. The smallest absolute Gasteiger partial charge is 0.317 e. The number of thiophene rings is 1. The maximum absolute atomic E-state index is 14.9.